The van der Waals surface area contributed by atoms with Gasteiger partial charge in [-0.25, -0.2) is 21.1 Å². The first-order valence-corrected chi connectivity index (χ1v) is 15.8. The minimum atomic E-state index is -3.77. The highest BCUT2D eigenvalue weighted by atomic mass is 32.2. The molecule has 38 heavy (non-hydrogen) atoms. The van der Waals surface area contributed by atoms with E-state index in [1.165, 1.54) is 33.9 Å². The predicted octanol–water partition coefficient (Wildman–Crippen LogP) is 2.33. The van der Waals surface area contributed by atoms with E-state index >= 15 is 0 Å². The zero-order valence-electron chi connectivity index (χ0n) is 21.5. The zero-order valence-corrected chi connectivity index (χ0v) is 23.2. The van der Waals surface area contributed by atoms with Gasteiger partial charge in [0.15, 0.2) is 0 Å². The van der Waals surface area contributed by atoms with Crippen LogP contribution in [0.3, 0.4) is 0 Å². The summed E-state index contributed by atoms with van der Waals surface area (Å²) in [6.45, 7) is 1.64. The fourth-order valence-electron chi connectivity index (χ4n) is 4.76. The molecule has 208 valence electrons. The smallest absolute Gasteiger partial charge is 0.243 e. The van der Waals surface area contributed by atoms with E-state index in [4.69, 9.17) is 9.47 Å². The largest absolute Gasteiger partial charge is 0.495 e. The molecule has 1 N–H and O–H groups in total. The lowest BCUT2D eigenvalue weighted by molar-refractivity contribution is -0.120. The van der Waals surface area contributed by atoms with Crippen LogP contribution in [0.5, 0.6) is 5.75 Å². The zero-order chi connectivity index (χ0) is 27.2. The van der Waals surface area contributed by atoms with Crippen molar-refractivity contribution in [3.05, 3.63) is 54.1 Å². The first-order valence-electron chi connectivity index (χ1n) is 12.8. The Hall–Kier alpha value is -2.51. The van der Waals surface area contributed by atoms with Gasteiger partial charge in [-0.3, -0.25) is 4.79 Å². The summed E-state index contributed by atoms with van der Waals surface area (Å²) in [5.41, 5.74) is 1.32. The average Bonchev–Trinajstić information content (AvgIpc) is 2.94. The maximum Gasteiger partial charge on any atom is 0.243 e. The van der Waals surface area contributed by atoms with Crippen LogP contribution in [-0.2, 0) is 36.0 Å². The van der Waals surface area contributed by atoms with Gasteiger partial charge < -0.3 is 14.8 Å². The molecule has 2 saturated heterocycles. The molecule has 2 fully saturated rings. The number of rotatable bonds is 10. The quantitative estimate of drug-likeness (QED) is 0.469. The van der Waals surface area contributed by atoms with Crippen LogP contribution in [0.4, 0.5) is 5.69 Å². The van der Waals surface area contributed by atoms with Crippen molar-refractivity contribution in [2.45, 2.75) is 30.6 Å². The molecular formula is C26H35N3O7S2. The molecule has 2 aromatic carbocycles. The topological polar surface area (TPSA) is 122 Å². The summed E-state index contributed by atoms with van der Waals surface area (Å²) in [6, 6.07) is 14.1. The van der Waals surface area contributed by atoms with Crippen molar-refractivity contribution < 1.29 is 31.1 Å². The Bertz CT molecular complexity index is 1310. The Morgan fingerprint density at radius 2 is 1.76 bits per heavy atom. The van der Waals surface area contributed by atoms with Gasteiger partial charge in [0.05, 0.1) is 42.6 Å². The number of carbonyl (C=O) groups is 1. The summed E-state index contributed by atoms with van der Waals surface area (Å²) in [4.78, 5) is 13.2. The van der Waals surface area contributed by atoms with Crippen LogP contribution < -0.4 is 10.1 Å². The molecule has 2 aromatic rings. The number of amides is 1. The molecule has 0 spiro atoms. The number of nitrogens with one attached hydrogen (secondary N) is 1. The monoisotopic (exact) mass is 565 g/mol. The van der Waals surface area contributed by atoms with Crippen LogP contribution in [0, 0.1) is 5.92 Å². The average molecular weight is 566 g/mol. The van der Waals surface area contributed by atoms with Gasteiger partial charge in [-0.2, -0.15) is 4.31 Å². The normalized spacial score (nSPS) is 19.7. The van der Waals surface area contributed by atoms with Crippen molar-refractivity contribution in [2.75, 3.05) is 57.6 Å². The van der Waals surface area contributed by atoms with Crippen LogP contribution in [0.1, 0.15) is 24.8 Å². The number of aryl methyl sites for hydroxylation is 1. The minimum Gasteiger partial charge on any atom is -0.495 e. The van der Waals surface area contributed by atoms with Crippen molar-refractivity contribution in [2.24, 2.45) is 5.92 Å². The number of hydrogen-bond donors (Lipinski definition) is 1. The number of piperidine rings is 1. The van der Waals surface area contributed by atoms with Gasteiger partial charge in [0.1, 0.15) is 5.75 Å². The second-order valence-corrected chi connectivity index (χ2v) is 13.5. The molecule has 0 aliphatic carbocycles. The Balaban J connectivity index is 1.41. The van der Waals surface area contributed by atoms with Gasteiger partial charge >= 0.3 is 0 Å². The second-order valence-electron chi connectivity index (χ2n) is 9.47. The van der Waals surface area contributed by atoms with Crippen LogP contribution in [0.2, 0.25) is 0 Å². The second kappa shape index (κ2) is 12.6. The molecule has 12 heteroatoms. The van der Waals surface area contributed by atoms with Gasteiger partial charge in [0, 0.05) is 26.2 Å². The Labute approximate surface area is 225 Å². The van der Waals surface area contributed by atoms with E-state index in [2.05, 4.69) is 5.32 Å². The van der Waals surface area contributed by atoms with Crippen molar-refractivity contribution in [1.29, 1.82) is 0 Å². The van der Waals surface area contributed by atoms with Gasteiger partial charge in [0.25, 0.3) is 0 Å². The van der Waals surface area contributed by atoms with Crippen molar-refractivity contribution in [3.8, 4) is 5.75 Å². The standard InChI is InChI=1S/C26H35N3O7S2/c1-35-25-12-11-23(38(33,34)28-14-16-36-17-15-28)19-24(25)27-26(30)22-10-5-13-29(20-22)37(31,32)18-6-9-21-7-3-2-4-8-21/h2-4,7-8,11-12,19,22H,5-6,9-10,13-18,20H2,1H3,(H,27,30)/t22-/m0/s1. The number of ether oxygens (including phenoxy) is 2. The van der Waals surface area contributed by atoms with Gasteiger partial charge in [0.2, 0.25) is 26.0 Å². The van der Waals surface area contributed by atoms with E-state index < -0.39 is 26.0 Å². The number of benzene rings is 2. The van der Waals surface area contributed by atoms with Gasteiger partial charge in [-0.15, -0.1) is 0 Å². The maximum atomic E-state index is 13.2. The van der Waals surface area contributed by atoms with E-state index in [1.54, 1.807) is 0 Å². The molecule has 0 unspecified atom stereocenters. The number of carbonyl (C=O) groups excluding carboxylic acids is 1. The van der Waals surface area contributed by atoms with Gasteiger partial charge in [-0.1, -0.05) is 30.3 Å². The van der Waals surface area contributed by atoms with Crippen LogP contribution in [0.25, 0.3) is 0 Å². The molecular weight excluding hydrogens is 530 g/mol. The minimum absolute atomic E-state index is 0.0193. The van der Waals surface area contributed by atoms with Crippen LogP contribution in [-0.4, -0.2) is 83.6 Å². The fraction of sp³-hybridized carbons (Fsp3) is 0.500. The van der Waals surface area contributed by atoms with E-state index in [0.29, 0.717) is 51.2 Å². The first kappa shape index (κ1) is 28.5. The molecule has 2 aliphatic heterocycles. The third-order valence-corrected chi connectivity index (χ3v) is 10.7. The molecule has 0 bridgehead atoms. The molecule has 2 heterocycles. The molecule has 10 nitrogen and oxygen atoms in total. The first-order chi connectivity index (χ1) is 18.2. The highest BCUT2D eigenvalue weighted by Crippen LogP contribution is 2.31. The molecule has 1 amide bonds. The summed E-state index contributed by atoms with van der Waals surface area (Å²) in [5.74, 6) is -0.586. The molecule has 1 atom stereocenters. The number of hydrogen-bond acceptors (Lipinski definition) is 7. The lowest BCUT2D eigenvalue weighted by Gasteiger charge is -2.31. The lowest BCUT2D eigenvalue weighted by atomic mass is 9.98. The fourth-order valence-corrected chi connectivity index (χ4v) is 7.77. The number of methoxy groups -OCH3 is 1. The molecule has 0 radical (unpaired) electrons. The number of morpholine rings is 1. The van der Waals surface area contributed by atoms with E-state index in [1.807, 2.05) is 30.3 Å². The van der Waals surface area contributed by atoms with E-state index in [9.17, 15) is 21.6 Å². The summed E-state index contributed by atoms with van der Waals surface area (Å²) in [5, 5.41) is 2.79. The lowest BCUT2D eigenvalue weighted by Crippen LogP contribution is -2.44. The number of anilines is 1. The van der Waals surface area contributed by atoms with E-state index in [0.717, 1.165) is 5.56 Å². The Morgan fingerprint density at radius 1 is 1.03 bits per heavy atom. The third kappa shape index (κ3) is 6.92. The number of sulfonamides is 2. The van der Waals surface area contributed by atoms with Crippen molar-refractivity contribution in [3.63, 3.8) is 0 Å². The molecule has 0 aromatic heterocycles. The Morgan fingerprint density at radius 3 is 2.47 bits per heavy atom. The predicted molar refractivity (Wildman–Crippen MR) is 144 cm³/mol. The van der Waals surface area contributed by atoms with E-state index in [-0.39, 0.29) is 41.9 Å². The van der Waals surface area contributed by atoms with Crippen LogP contribution >= 0.6 is 0 Å². The summed E-state index contributed by atoms with van der Waals surface area (Å²) < 4.78 is 65.6. The number of nitrogens with zero attached hydrogens (tertiary/aromatic N) is 2. The van der Waals surface area contributed by atoms with Crippen molar-refractivity contribution in [1.82, 2.24) is 8.61 Å². The highest BCUT2D eigenvalue weighted by Gasteiger charge is 2.33. The van der Waals surface area contributed by atoms with Crippen LogP contribution in [0.15, 0.2) is 53.4 Å². The summed E-state index contributed by atoms with van der Waals surface area (Å²) in [6.07, 6.45) is 2.27. The summed E-state index contributed by atoms with van der Waals surface area (Å²) in [7, 11) is -5.84. The van der Waals surface area contributed by atoms with Crippen molar-refractivity contribution >= 4 is 31.6 Å². The molecule has 4 rings (SSSR count). The summed E-state index contributed by atoms with van der Waals surface area (Å²) >= 11 is 0. The van der Waals surface area contributed by atoms with Gasteiger partial charge in [-0.05, 0) is 49.4 Å². The highest BCUT2D eigenvalue weighted by molar-refractivity contribution is 7.89. The molecule has 0 saturated carbocycles. The third-order valence-electron chi connectivity index (χ3n) is 6.90. The maximum absolute atomic E-state index is 13.2. The molecule has 2 aliphatic rings. The SMILES string of the molecule is COc1ccc(S(=O)(=O)N2CCOCC2)cc1NC(=O)[C@H]1CCCN(S(=O)(=O)CCCc2ccccc2)C1. The Kier molecular flexibility index (Phi) is 9.42.